The number of hydrogen-bond donors (Lipinski definition) is 3. The molecule has 5 nitrogen and oxygen atoms in total. The number of aromatic amines is 1. The number of nitrogens with two attached hydrogens (primary N) is 1. The van der Waals surface area contributed by atoms with Gasteiger partial charge in [0.25, 0.3) is 5.56 Å². The van der Waals surface area contributed by atoms with Gasteiger partial charge in [-0.25, -0.2) is 4.98 Å². The molecule has 6 heteroatoms. The predicted octanol–water partition coefficient (Wildman–Crippen LogP) is 0.292. The van der Waals surface area contributed by atoms with Gasteiger partial charge >= 0.3 is 0 Å². The van der Waals surface area contributed by atoms with E-state index in [1.54, 1.807) is 0 Å². The second-order valence-corrected chi connectivity index (χ2v) is 3.47. The summed E-state index contributed by atoms with van der Waals surface area (Å²) in [5, 5.41) is 3.00. The standard InChI is InChI=1S/C7H11BrN4O/c1-4(2-9)12-6-5(8)7(13)11-3-10-6/h3-4H,2,9H2,1H3,(H2,10,11,12,13). The normalized spacial score (nSPS) is 12.5. The molecule has 0 aliphatic carbocycles. The lowest BCUT2D eigenvalue weighted by molar-refractivity contribution is 0.795. The molecular weight excluding hydrogens is 236 g/mol. The van der Waals surface area contributed by atoms with Crippen molar-refractivity contribution in [3.05, 3.63) is 21.2 Å². The van der Waals surface area contributed by atoms with Crippen molar-refractivity contribution >= 4 is 21.7 Å². The maximum absolute atomic E-state index is 11.1. The number of H-pyrrole nitrogens is 1. The van der Waals surface area contributed by atoms with Crippen molar-refractivity contribution in [1.29, 1.82) is 0 Å². The lowest BCUT2D eigenvalue weighted by atomic mass is 10.3. The average Bonchev–Trinajstić information content (AvgIpc) is 2.13. The van der Waals surface area contributed by atoms with E-state index in [-0.39, 0.29) is 11.6 Å². The van der Waals surface area contributed by atoms with Gasteiger partial charge in [0.2, 0.25) is 0 Å². The molecule has 1 aromatic rings. The molecule has 13 heavy (non-hydrogen) atoms. The fourth-order valence-electron chi connectivity index (χ4n) is 0.776. The Balaban J connectivity index is 2.89. The maximum atomic E-state index is 11.1. The van der Waals surface area contributed by atoms with Gasteiger partial charge in [-0.1, -0.05) is 0 Å². The number of rotatable bonds is 3. The highest BCUT2D eigenvalue weighted by Gasteiger charge is 2.06. The van der Waals surface area contributed by atoms with Crippen LogP contribution in [0.15, 0.2) is 15.6 Å². The molecule has 0 saturated carbocycles. The number of nitrogens with one attached hydrogen (secondary N) is 2. The van der Waals surface area contributed by atoms with E-state index >= 15 is 0 Å². The SMILES string of the molecule is CC(CN)Nc1nc[nH]c(=O)c1Br. The smallest absolute Gasteiger partial charge is 0.267 e. The Morgan fingerprint density at radius 3 is 3.15 bits per heavy atom. The number of halogens is 1. The van der Waals surface area contributed by atoms with Crippen LogP contribution in [0.2, 0.25) is 0 Å². The summed E-state index contributed by atoms with van der Waals surface area (Å²) < 4.78 is 0.398. The van der Waals surface area contributed by atoms with E-state index in [4.69, 9.17) is 5.73 Å². The summed E-state index contributed by atoms with van der Waals surface area (Å²) in [4.78, 5) is 17.5. The van der Waals surface area contributed by atoms with Crippen LogP contribution in [0.1, 0.15) is 6.92 Å². The molecule has 0 bridgehead atoms. The highest BCUT2D eigenvalue weighted by molar-refractivity contribution is 9.10. The third-order valence-corrected chi connectivity index (χ3v) is 2.27. The van der Waals surface area contributed by atoms with Crippen LogP contribution in [0.4, 0.5) is 5.82 Å². The van der Waals surface area contributed by atoms with Crippen molar-refractivity contribution < 1.29 is 0 Å². The van der Waals surface area contributed by atoms with Crippen molar-refractivity contribution in [3.63, 3.8) is 0 Å². The minimum Gasteiger partial charge on any atom is -0.365 e. The summed E-state index contributed by atoms with van der Waals surface area (Å²) in [6, 6.07) is 0.0885. The molecule has 4 N–H and O–H groups in total. The van der Waals surface area contributed by atoms with Gasteiger partial charge in [0.1, 0.15) is 10.3 Å². The molecule has 1 aromatic heterocycles. The minimum atomic E-state index is -0.207. The Bertz CT molecular complexity index is 338. The first-order valence-electron chi connectivity index (χ1n) is 3.85. The molecule has 1 unspecified atom stereocenters. The Morgan fingerprint density at radius 2 is 2.54 bits per heavy atom. The van der Waals surface area contributed by atoms with Crippen LogP contribution in [-0.4, -0.2) is 22.6 Å². The topological polar surface area (TPSA) is 83.8 Å². The zero-order valence-electron chi connectivity index (χ0n) is 7.17. The highest BCUT2D eigenvalue weighted by atomic mass is 79.9. The molecule has 0 aromatic carbocycles. The Labute approximate surface area is 83.9 Å². The van der Waals surface area contributed by atoms with Crippen molar-refractivity contribution in [1.82, 2.24) is 9.97 Å². The second kappa shape index (κ2) is 4.38. The third-order valence-electron chi connectivity index (χ3n) is 1.53. The summed E-state index contributed by atoms with van der Waals surface area (Å²) in [7, 11) is 0. The summed E-state index contributed by atoms with van der Waals surface area (Å²) >= 11 is 3.13. The highest BCUT2D eigenvalue weighted by Crippen LogP contribution is 2.13. The predicted molar refractivity (Wildman–Crippen MR) is 54.7 cm³/mol. The van der Waals surface area contributed by atoms with E-state index in [9.17, 15) is 4.79 Å². The van der Waals surface area contributed by atoms with Gasteiger partial charge in [-0.2, -0.15) is 0 Å². The molecule has 0 radical (unpaired) electrons. The number of nitrogens with zero attached hydrogens (tertiary/aromatic N) is 1. The van der Waals surface area contributed by atoms with Crippen LogP contribution < -0.4 is 16.6 Å². The maximum Gasteiger partial charge on any atom is 0.267 e. The van der Waals surface area contributed by atoms with Crippen LogP contribution in [0.5, 0.6) is 0 Å². The first-order chi connectivity index (χ1) is 6.15. The van der Waals surface area contributed by atoms with Gasteiger partial charge in [0.05, 0.1) is 6.33 Å². The van der Waals surface area contributed by atoms with Gasteiger partial charge in [0, 0.05) is 12.6 Å². The Kier molecular flexibility index (Phi) is 3.44. The Morgan fingerprint density at radius 1 is 1.85 bits per heavy atom. The third kappa shape index (κ3) is 2.53. The van der Waals surface area contributed by atoms with Gasteiger partial charge in [-0.05, 0) is 22.9 Å². The number of anilines is 1. The lowest BCUT2D eigenvalue weighted by Crippen LogP contribution is -2.27. The molecule has 1 rings (SSSR count). The van der Waals surface area contributed by atoms with Crippen molar-refractivity contribution in [3.8, 4) is 0 Å². The molecule has 1 atom stereocenters. The van der Waals surface area contributed by atoms with Gasteiger partial charge in [-0.3, -0.25) is 4.79 Å². The first-order valence-corrected chi connectivity index (χ1v) is 4.64. The molecule has 1 heterocycles. The van der Waals surface area contributed by atoms with E-state index in [0.717, 1.165) is 0 Å². The monoisotopic (exact) mass is 246 g/mol. The summed E-state index contributed by atoms with van der Waals surface area (Å²) in [5.41, 5.74) is 5.21. The quantitative estimate of drug-likeness (QED) is 0.716. The average molecular weight is 247 g/mol. The summed E-state index contributed by atoms with van der Waals surface area (Å²) in [6.07, 6.45) is 1.35. The summed E-state index contributed by atoms with van der Waals surface area (Å²) in [6.45, 7) is 2.40. The minimum absolute atomic E-state index is 0.0885. The van der Waals surface area contributed by atoms with Gasteiger partial charge in [0.15, 0.2) is 0 Å². The molecule has 0 aliphatic rings. The molecule has 0 amide bonds. The largest absolute Gasteiger partial charge is 0.365 e. The van der Waals surface area contributed by atoms with Crippen LogP contribution in [0.25, 0.3) is 0 Å². The molecule has 0 fully saturated rings. The lowest BCUT2D eigenvalue weighted by Gasteiger charge is -2.11. The summed E-state index contributed by atoms with van der Waals surface area (Å²) in [5.74, 6) is 0.515. The Hall–Kier alpha value is -0.880. The zero-order chi connectivity index (χ0) is 9.84. The van der Waals surface area contributed by atoms with E-state index < -0.39 is 0 Å². The van der Waals surface area contributed by atoms with Crippen molar-refractivity contribution in [2.45, 2.75) is 13.0 Å². The molecule has 72 valence electrons. The van der Waals surface area contributed by atoms with Gasteiger partial charge < -0.3 is 16.0 Å². The van der Waals surface area contributed by atoms with Crippen molar-refractivity contribution in [2.24, 2.45) is 5.73 Å². The fraction of sp³-hybridized carbons (Fsp3) is 0.429. The van der Waals surface area contributed by atoms with Crippen molar-refractivity contribution in [2.75, 3.05) is 11.9 Å². The van der Waals surface area contributed by atoms with E-state index in [1.807, 2.05) is 6.92 Å². The molecule has 0 saturated heterocycles. The van der Waals surface area contributed by atoms with Crippen LogP contribution in [-0.2, 0) is 0 Å². The first kappa shape index (κ1) is 10.2. The van der Waals surface area contributed by atoms with E-state index in [0.29, 0.717) is 16.8 Å². The number of aromatic nitrogens is 2. The van der Waals surface area contributed by atoms with Gasteiger partial charge in [-0.15, -0.1) is 0 Å². The van der Waals surface area contributed by atoms with Crippen LogP contribution in [0.3, 0.4) is 0 Å². The van der Waals surface area contributed by atoms with E-state index in [2.05, 4.69) is 31.2 Å². The second-order valence-electron chi connectivity index (χ2n) is 2.68. The van der Waals surface area contributed by atoms with Crippen LogP contribution >= 0.6 is 15.9 Å². The van der Waals surface area contributed by atoms with Crippen LogP contribution in [0, 0.1) is 0 Å². The fourth-order valence-corrected chi connectivity index (χ4v) is 1.11. The number of hydrogen-bond acceptors (Lipinski definition) is 4. The molecule has 0 spiro atoms. The zero-order valence-corrected chi connectivity index (χ0v) is 8.76. The molecule has 0 aliphatic heterocycles. The molecular formula is C7H11BrN4O. The van der Waals surface area contributed by atoms with E-state index in [1.165, 1.54) is 6.33 Å².